The van der Waals surface area contributed by atoms with Crippen LogP contribution in [0.5, 0.6) is 5.75 Å². The van der Waals surface area contributed by atoms with Gasteiger partial charge in [-0.3, -0.25) is 0 Å². The first-order valence-electron chi connectivity index (χ1n) is 9.12. The van der Waals surface area contributed by atoms with E-state index in [4.69, 9.17) is 0 Å². The van der Waals surface area contributed by atoms with Gasteiger partial charge in [0.2, 0.25) is 0 Å². The van der Waals surface area contributed by atoms with Crippen LogP contribution in [0.1, 0.15) is 64.2 Å². The smallest absolute Gasteiger partial charge is 0.133 e. The van der Waals surface area contributed by atoms with Crippen LogP contribution in [-0.2, 0) is 10.6 Å². The molecule has 1 unspecified atom stereocenters. The first-order chi connectivity index (χ1) is 12.0. The van der Waals surface area contributed by atoms with Gasteiger partial charge in [-0.25, -0.2) is 8.78 Å². The zero-order valence-corrected chi connectivity index (χ0v) is 17.5. The molecule has 0 heterocycles. The van der Waals surface area contributed by atoms with Crippen LogP contribution in [0, 0.1) is 18.6 Å². The van der Waals surface area contributed by atoms with Crippen LogP contribution in [0.4, 0.5) is 8.78 Å². The summed E-state index contributed by atoms with van der Waals surface area (Å²) in [4.78, 5) is 0. The van der Waals surface area contributed by atoms with E-state index in [0.717, 1.165) is 35.6 Å². The largest absolute Gasteiger partial charge is 0.507 e. The Morgan fingerprint density at radius 1 is 1.00 bits per heavy atom. The molecule has 0 aromatic heterocycles. The Morgan fingerprint density at radius 3 is 2.12 bits per heavy atom. The Morgan fingerprint density at radius 2 is 1.62 bits per heavy atom. The van der Waals surface area contributed by atoms with Gasteiger partial charge in [-0.15, -0.1) is 0 Å². The van der Waals surface area contributed by atoms with Crippen molar-refractivity contribution >= 4 is 13.9 Å². The summed E-state index contributed by atoms with van der Waals surface area (Å²) >= 11 is 0. The molecule has 0 fully saturated rings. The summed E-state index contributed by atoms with van der Waals surface area (Å²) < 4.78 is 27.6. The first-order valence-corrected chi connectivity index (χ1v) is 10.1. The van der Waals surface area contributed by atoms with Gasteiger partial charge in [0.15, 0.2) is 0 Å². The Balaban J connectivity index is 2.64. The zero-order chi connectivity index (χ0) is 19.7. The summed E-state index contributed by atoms with van der Waals surface area (Å²) in [6.45, 7) is 12.5. The van der Waals surface area contributed by atoms with E-state index in [0.29, 0.717) is 5.30 Å². The molecule has 2 rings (SSSR count). The maximum Gasteiger partial charge on any atom is 0.133 e. The highest BCUT2D eigenvalue weighted by Crippen LogP contribution is 2.51. The number of halogens is 2. The molecule has 0 amide bonds. The highest BCUT2D eigenvalue weighted by atomic mass is 31.1. The number of hydrogen-bond donors (Lipinski definition) is 1. The van der Waals surface area contributed by atoms with Crippen LogP contribution in [0.25, 0.3) is 0 Å². The average Bonchev–Trinajstić information content (AvgIpc) is 2.56. The SMILES string of the molecule is CCC(CC)(Pc1ccc(F)cc1F)c1cc(C(C)(C)C)cc(C)c1O. The number of aromatic hydroxyl groups is 1. The lowest BCUT2D eigenvalue weighted by Crippen LogP contribution is -2.24. The van der Waals surface area contributed by atoms with Crippen LogP contribution in [-0.4, -0.2) is 5.11 Å². The maximum absolute atomic E-state index is 14.3. The molecule has 142 valence electrons. The number of hydrogen-bond acceptors (Lipinski definition) is 1. The molecule has 0 spiro atoms. The molecule has 1 nitrogen and oxygen atoms in total. The van der Waals surface area contributed by atoms with Crippen LogP contribution in [0.2, 0.25) is 0 Å². The average molecular weight is 378 g/mol. The van der Waals surface area contributed by atoms with E-state index in [9.17, 15) is 13.9 Å². The van der Waals surface area contributed by atoms with Crippen molar-refractivity contribution in [3.8, 4) is 5.75 Å². The second kappa shape index (κ2) is 7.64. The zero-order valence-electron chi connectivity index (χ0n) is 16.5. The van der Waals surface area contributed by atoms with E-state index in [1.807, 2.05) is 13.0 Å². The monoisotopic (exact) mass is 378 g/mol. The van der Waals surface area contributed by atoms with E-state index in [1.165, 1.54) is 12.1 Å². The van der Waals surface area contributed by atoms with Gasteiger partial charge in [-0.1, -0.05) is 55.3 Å². The van der Waals surface area contributed by atoms with Crippen molar-refractivity contribution in [2.75, 3.05) is 0 Å². The Bertz CT molecular complexity index is 789. The molecule has 26 heavy (non-hydrogen) atoms. The number of phenols is 1. The fourth-order valence-electron chi connectivity index (χ4n) is 3.30. The van der Waals surface area contributed by atoms with Crippen LogP contribution in [0.15, 0.2) is 30.3 Å². The minimum atomic E-state index is -0.567. The number of aryl methyl sites for hydroxylation is 1. The van der Waals surface area contributed by atoms with Crippen molar-refractivity contribution in [3.63, 3.8) is 0 Å². The number of benzene rings is 2. The molecule has 2 aromatic carbocycles. The molecule has 0 bridgehead atoms. The molecule has 1 atom stereocenters. The predicted molar refractivity (Wildman–Crippen MR) is 108 cm³/mol. The predicted octanol–water partition coefficient (Wildman–Crippen LogP) is 6.30. The highest BCUT2D eigenvalue weighted by molar-refractivity contribution is 7.48. The molecular formula is C22H29F2OP. The summed E-state index contributed by atoms with van der Waals surface area (Å²) in [6, 6.07) is 7.87. The molecule has 0 saturated heterocycles. The lowest BCUT2D eigenvalue weighted by molar-refractivity contribution is 0.442. The summed E-state index contributed by atoms with van der Waals surface area (Å²) in [5.74, 6) is -0.794. The van der Waals surface area contributed by atoms with Gasteiger partial charge >= 0.3 is 0 Å². The van der Waals surface area contributed by atoms with Crippen molar-refractivity contribution in [1.82, 2.24) is 0 Å². The second-order valence-corrected chi connectivity index (χ2v) is 9.72. The van der Waals surface area contributed by atoms with Gasteiger partial charge < -0.3 is 5.11 Å². The van der Waals surface area contributed by atoms with Gasteiger partial charge in [0.05, 0.1) is 0 Å². The minimum absolute atomic E-state index is 0.0509. The van der Waals surface area contributed by atoms with E-state index < -0.39 is 11.6 Å². The molecule has 0 saturated carbocycles. The van der Waals surface area contributed by atoms with E-state index in [1.54, 1.807) is 0 Å². The first kappa shape index (κ1) is 20.8. The Labute approximate surface area is 157 Å². The van der Waals surface area contributed by atoms with Gasteiger partial charge in [-0.05, 0) is 48.4 Å². The van der Waals surface area contributed by atoms with Crippen molar-refractivity contribution in [1.29, 1.82) is 0 Å². The molecule has 0 aliphatic carbocycles. The topological polar surface area (TPSA) is 20.2 Å². The fraction of sp³-hybridized carbons (Fsp3) is 0.455. The van der Waals surface area contributed by atoms with E-state index in [-0.39, 0.29) is 24.9 Å². The highest BCUT2D eigenvalue weighted by Gasteiger charge is 2.34. The van der Waals surface area contributed by atoms with Gasteiger partial charge in [0, 0.05) is 22.1 Å². The number of rotatable bonds is 5. The molecule has 0 aliphatic heterocycles. The Hall–Kier alpha value is -1.47. The molecule has 0 radical (unpaired) electrons. The minimum Gasteiger partial charge on any atom is -0.507 e. The van der Waals surface area contributed by atoms with E-state index in [2.05, 4.69) is 40.7 Å². The van der Waals surface area contributed by atoms with Crippen LogP contribution < -0.4 is 5.30 Å². The molecule has 1 N–H and O–H groups in total. The molecule has 0 aliphatic rings. The van der Waals surface area contributed by atoms with Crippen LogP contribution >= 0.6 is 8.58 Å². The van der Waals surface area contributed by atoms with Crippen molar-refractivity contribution in [3.05, 3.63) is 58.7 Å². The maximum atomic E-state index is 14.3. The summed E-state index contributed by atoms with van der Waals surface area (Å²) in [5.41, 5.74) is 2.81. The molecule has 4 heteroatoms. The summed E-state index contributed by atoms with van der Waals surface area (Å²) in [6.07, 6.45) is 1.53. The standard InChI is InChI=1S/C22H29F2OP/c1-7-22(8-2,26-19-10-9-16(23)13-18(19)24)17-12-15(21(4,5)6)11-14(3)20(17)25/h9-13,25-26H,7-8H2,1-6H3. The second-order valence-electron chi connectivity index (χ2n) is 7.98. The van der Waals surface area contributed by atoms with Crippen LogP contribution in [0.3, 0.4) is 0 Å². The van der Waals surface area contributed by atoms with Crippen molar-refractivity contribution in [2.45, 2.75) is 65.0 Å². The summed E-state index contributed by atoms with van der Waals surface area (Å²) in [5, 5.41) is 11.0. The van der Waals surface area contributed by atoms with E-state index >= 15 is 0 Å². The van der Waals surface area contributed by atoms with Crippen molar-refractivity contribution < 1.29 is 13.9 Å². The quantitative estimate of drug-likeness (QED) is 0.606. The van der Waals surface area contributed by atoms with Crippen molar-refractivity contribution in [2.24, 2.45) is 0 Å². The lowest BCUT2D eigenvalue weighted by atomic mass is 9.81. The van der Waals surface area contributed by atoms with Gasteiger partial charge in [-0.2, -0.15) is 0 Å². The summed E-state index contributed by atoms with van der Waals surface area (Å²) in [7, 11) is 0.109. The fourth-order valence-corrected chi connectivity index (χ4v) is 4.85. The molecule has 2 aromatic rings. The lowest BCUT2D eigenvalue weighted by Gasteiger charge is -2.35. The number of phenolic OH excluding ortho intramolecular Hbond substituents is 1. The van der Waals surface area contributed by atoms with Gasteiger partial charge in [0.1, 0.15) is 17.4 Å². The molecular weight excluding hydrogens is 349 g/mol. The normalized spacial score (nSPS) is 12.9. The third kappa shape index (κ3) is 4.09. The third-order valence-corrected chi connectivity index (χ3v) is 7.32. The Kier molecular flexibility index (Phi) is 6.13. The van der Waals surface area contributed by atoms with Gasteiger partial charge in [0.25, 0.3) is 0 Å². The third-order valence-electron chi connectivity index (χ3n) is 5.19.